The molecule has 0 aromatic heterocycles. The van der Waals surface area contributed by atoms with E-state index in [1.807, 2.05) is 6.08 Å². The van der Waals surface area contributed by atoms with Crippen LogP contribution in [0.3, 0.4) is 0 Å². The van der Waals surface area contributed by atoms with Crippen LogP contribution in [0.2, 0.25) is 0 Å². The summed E-state index contributed by atoms with van der Waals surface area (Å²) < 4.78 is 0. The van der Waals surface area contributed by atoms with Crippen molar-refractivity contribution in [2.75, 3.05) is 32.7 Å². The van der Waals surface area contributed by atoms with Gasteiger partial charge in [0.2, 0.25) is 5.91 Å². The second kappa shape index (κ2) is 5.72. The van der Waals surface area contributed by atoms with Gasteiger partial charge < -0.3 is 11.1 Å². The van der Waals surface area contributed by atoms with Crippen molar-refractivity contribution in [3.05, 3.63) is 12.2 Å². The average molecular weight is 183 g/mol. The van der Waals surface area contributed by atoms with Gasteiger partial charge in [-0.1, -0.05) is 12.2 Å². The number of hydrogen-bond acceptors (Lipinski definition) is 3. The Kier molecular flexibility index (Phi) is 4.49. The van der Waals surface area contributed by atoms with Crippen LogP contribution in [0.1, 0.15) is 6.42 Å². The molecular weight excluding hydrogens is 166 g/mol. The van der Waals surface area contributed by atoms with E-state index in [-0.39, 0.29) is 5.91 Å². The summed E-state index contributed by atoms with van der Waals surface area (Å²) in [4.78, 5) is 13.2. The van der Waals surface area contributed by atoms with Crippen molar-refractivity contribution >= 4 is 5.91 Å². The highest BCUT2D eigenvalue weighted by Crippen LogP contribution is 1.95. The van der Waals surface area contributed by atoms with Gasteiger partial charge in [-0.25, -0.2) is 0 Å². The molecule has 4 heteroatoms. The summed E-state index contributed by atoms with van der Waals surface area (Å²) in [6.45, 7) is 4.02. The van der Waals surface area contributed by atoms with E-state index in [0.29, 0.717) is 13.0 Å². The Bertz CT molecular complexity index is 191. The van der Waals surface area contributed by atoms with E-state index in [9.17, 15) is 4.79 Å². The highest BCUT2D eigenvalue weighted by atomic mass is 16.1. The minimum absolute atomic E-state index is 0.158. The van der Waals surface area contributed by atoms with Crippen LogP contribution in [0.15, 0.2) is 12.2 Å². The van der Waals surface area contributed by atoms with E-state index in [0.717, 1.165) is 26.2 Å². The number of nitrogens with one attached hydrogen (secondary N) is 1. The first-order valence-electron chi connectivity index (χ1n) is 4.67. The van der Waals surface area contributed by atoms with Crippen molar-refractivity contribution in [1.82, 2.24) is 10.2 Å². The molecule has 0 aromatic carbocycles. The van der Waals surface area contributed by atoms with Crippen molar-refractivity contribution < 1.29 is 4.79 Å². The van der Waals surface area contributed by atoms with Gasteiger partial charge in [-0.2, -0.15) is 0 Å². The average Bonchev–Trinajstić information content (AvgIpc) is 2.32. The Morgan fingerprint density at radius 3 is 3.08 bits per heavy atom. The molecule has 1 aliphatic heterocycles. The van der Waals surface area contributed by atoms with Crippen LogP contribution < -0.4 is 11.1 Å². The molecule has 1 heterocycles. The van der Waals surface area contributed by atoms with Crippen molar-refractivity contribution in [2.45, 2.75) is 6.42 Å². The maximum absolute atomic E-state index is 11.0. The molecule has 1 aliphatic rings. The first kappa shape index (κ1) is 10.2. The third-order valence-electron chi connectivity index (χ3n) is 2.07. The monoisotopic (exact) mass is 183 g/mol. The summed E-state index contributed by atoms with van der Waals surface area (Å²) in [7, 11) is 0. The standard InChI is InChI=1S/C9H17N3O/c10-4-1-2-6-12-7-3-9(13)11-5-8-12/h1-2H,3-8,10H2,(H,11,13). The topological polar surface area (TPSA) is 58.4 Å². The molecule has 0 radical (unpaired) electrons. The van der Waals surface area contributed by atoms with Crippen LogP contribution in [0.4, 0.5) is 0 Å². The van der Waals surface area contributed by atoms with E-state index in [2.05, 4.69) is 16.3 Å². The lowest BCUT2D eigenvalue weighted by Crippen LogP contribution is -2.28. The van der Waals surface area contributed by atoms with Crippen molar-refractivity contribution in [3.8, 4) is 0 Å². The minimum atomic E-state index is 0.158. The normalized spacial score (nSPS) is 20.2. The summed E-state index contributed by atoms with van der Waals surface area (Å²) in [6, 6.07) is 0. The van der Waals surface area contributed by atoms with Crippen molar-refractivity contribution in [1.29, 1.82) is 0 Å². The molecule has 3 N–H and O–H groups in total. The maximum atomic E-state index is 11.0. The van der Waals surface area contributed by atoms with E-state index in [1.165, 1.54) is 0 Å². The number of nitrogens with zero attached hydrogens (tertiary/aromatic N) is 1. The van der Waals surface area contributed by atoms with Gasteiger partial charge in [0.05, 0.1) is 0 Å². The third kappa shape index (κ3) is 4.05. The first-order valence-corrected chi connectivity index (χ1v) is 4.67. The predicted octanol–water partition coefficient (Wildman–Crippen LogP) is -0.677. The van der Waals surface area contributed by atoms with Crippen LogP contribution in [0, 0.1) is 0 Å². The van der Waals surface area contributed by atoms with Gasteiger partial charge in [-0.15, -0.1) is 0 Å². The fourth-order valence-electron chi connectivity index (χ4n) is 1.32. The van der Waals surface area contributed by atoms with Crippen LogP contribution in [-0.4, -0.2) is 43.5 Å². The molecule has 0 atom stereocenters. The quantitative estimate of drug-likeness (QED) is 0.570. The number of rotatable bonds is 3. The number of carbonyl (C=O) groups is 1. The molecule has 1 amide bonds. The minimum Gasteiger partial charge on any atom is -0.355 e. The molecule has 0 bridgehead atoms. The Morgan fingerprint density at radius 1 is 1.46 bits per heavy atom. The molecule has 0 aromatic rings. The summed E-state index contributed by atoms with van der Waals surface area (Å²) in [5.41, 5.74) is 5.33. The van der Waals surface area contributed by atoms with Crippen molar-refractivity contribution in [3.63, 3.8) is 0 Å². The molecule has 74 valence electrons. The van der Waals surface area contributed by atoms with Gasteiger partial charge in [0.15, 0.2) is 0 Å². The van der Waals surface area contributed by atoms with Gasteiger partial charge in [0, 0.05) is 39.1 Å². The lowest BCUT2D eigenvalue weighted by Gasteiger charge is -2.15. The summed E-state index contributed by atoms with van der Waals surface area (Å²) in [5, 5.41) is 2.84. The van der Waals surface area contributed by atoms with E-state index in [4.69, 9.17) is 5.73 Å². The van der Waals surface area contributed by atoms with Gasteiger partial charge in [0.25, 0.3) is 0 Å². The van der Waals surface area contributed by atoms with Crippen LogP contribution in [0.25, 0.3) is 0 Å². The fourth-order valence-corrected chi connectivity index (χ4v) is 1.32. The molecule has 1 saturated heterocycles. The van der Waals surface area contributed by atoms with E-state index >= 15 is 0 Å². The zero-order chi connectivity index (χ0) is 9.52. The zero-order valence-electron chi connectivity index (χ0n) is 7.83. The molecule has 0 saturated carbocycles. The Balaban J connectivity index is 2.25. The Hall–Kier alpha value is -0.870. The largest absolute Gasteiger partial charge is 0.355 e. The molecule has 4 nitrogen and oxygen atoms in total. The molecule has 1 fully saturated rings. The predicted molar refractivity (Wildman–Crippen MR) is 52.3 cm³/mol. The highest BCUT2D eigenvalue weighted by molar-refractivity contribution is 5.76. The third-order valence-corrected chi connectivity index (χ3v) is 2.07. The van der Waals surface area contributed by atoms with E-state index in [1.54, 1.807) is 0 Å². The smallest absolute Gasteiger partial charge is 0.221 e. The highest BCUT2D eigenvalue weighted by Gasteiger charge is 2.11. The fraction of sp³-hybridized carbons (Fsp3) is 0.667. The van der Waals surface area contributed by atoms with Gasteiger partial charge in [0.1, 0.15) is 0 Å². The van der Waals surface area contributed by atoms with Gasteiger partial charge >= 0.3 is 0 Å². The molecule has 0 unspecified atom stereocenters. The Morgan fingerprint density at radius 2 is 2.31 bits per heavy atom. The molecular formula is C9H17N3O. The summed E-state index contributed by atoms with van der Waals surface area (Å²) in [6.07, 6.45) is 4.60. The summed E-state index contributed by atoms with van der Waals surface area (Å²) >= 11 is 0. The SMILES string of the molecule is NCC=CCN1CCNC(=O)CC1. The van der Waals surface area contributed by atoms with Gasteiger partial charge in [-0.3, -0.25) is 9.69 Å². The van der Waals surface area contributed by atoms with Gasteiger partial charge in [-0.05, 0) is 0 Å². The number of hydrogen-bond donors (Lipinski definition) is 2. The molecule has 0 spiro atoms. The molecule has 1 rings (SSSR count). The second-order valence-corrected chi connectivity index (χ2v) is 3.11. The number of nitrogens with two attached hydrogens (primary N) is 1. The van der Waals surface area contributed by atoms with E-state index < -0.39 is 0 Å². The van der Waals surface area contributed by atoms with Crippen molar-refractivity contribution in [2.24, 2.45) is 5.73 Å². The number of amides is 1. The molecule has 13 heavy (non-hydrogen) atoms. The van der Waals surface area contributed by atoms with Crippen LogP contribution >= 0.6 is 0 Å². The second-order valence-electron chi connectivity index (χ2n) is 3.11. The van der Waals surface area contributed by atoms with Crippen LogP contribution in [0.5, 0.6) is 0 Å². The maximum Gasteiger partial charge on any atom is 0.221 e. The Labute approximate surface area is 78.8 Å². The summed E-state index contributed by atoms with van der Waals surface area (Å²) in [5.74, 6) is 0.158. The molecule has 0 aliphatic carbocycles. The first-order chi connectivity index (χ1) is 6.33. The number of carbonyl (C=O) groups excluding carboxylic acids is 1. The zero-order valence-corrected chi connectivity index (χ0v) is 7.83. The van der Waals surface area contributed by atoms with Crippen LogP contribution in [-0.2, 0) is 4.79 Å². The lowest BCUT2D eigenvalue weighted by atomic mass is 10.3. The lowest BCUT2D eigenvalue weighted by molar-refractivity contribution is -0.120.